The number of ether oxygens (including phenoxy) is 1. The first-order valence-electron chi connectivity index (χ1n) is 6.59. The summed E-state index contributed by atoms with van der Waals surface area (Å²) in [5.74, 6) is -0.146. The van der Waals surface area contributed by atoms with Crippen LogP contribution in [-0.2, 0) is 11.5 Å². The second kappa shape index (κ2) is 8.08. The zero-order valence-corrected chi connectivity index (χ0v) is 16.2. The van der Waals surface area contributed by atoms with Crippen LogP contribution < -0.4 is 4.74 Å². The maximum absolute atomic E-state index is 12.7. The molecule has 11 heteroatoms. The molecule has 0 aliphatic rings. The molecule has 0 aliphatic heterocycles. The predicted octanol–water partition coefficient (Wildman–Crippen LogP) is 8.31. The molecule has 2 rings (SSSR count). The van der Waals surface area contributed by atoms with Crippen molar-refractivity contribution in [2.75, 3.05) is 0 Å². The van der Waals surface area contributed by atoms with E-state index in [0.29, 0.717) is 12.1 Å². The second-order valence-electron chi connectivity index (χ2n) is 4.82. The standard InChI is InChI=1S/C15H7BrCl2F6OS/c16-6-7-3-9(1-2-12(7)26-15(22,23)24)25-13-10(17)4-8(5-11(13)18)14(19,20)21/h1-5H,6H2. The fourth-order valence-corrected chi connectivity index (χ4v) is 3.75. The highest BCUT2D eigenvalue weighted by atomic mass is 79.9. The molecule has 26 heavy (non-hydrogen) atoms. The van der Waals surface area contributed by atoms with Gasteiger partial charge in [-0.15, -0.1) is 0 Å². The van der Waals surface area contributed by atoms with Crippen molar-refractivity contribution in [1.29, 1.82) is 0 Å². The quantitative estimate of drug-likeness (QED) is 0.237. The lowest BCUT2D eigenvalue weighted by atomic mass is 10.2. The summed E-state index contributed by atoms with van der Waals surface area (Å²) in [6.07, 6.45) is -4.63. The Morgan fingerprint density at radius 3 is 2.00 bits per heavy atom. The first-order chi connectivity index (χ1) is 11.9. The molecule has 0 unspecified atom stereocenters. The SMILES string of the molecule is FC(F)(F)Sc1ccc(Oc2c(Cl)cc(C(F)(F)F)cc2Cl)cc1CBr. The average Bonchev–Trinajstić information content (AvgIpc) is 2.49. The smallest absolute Gasteiger partial charge is 0.446 e. The first kappa shape index (κ1) is 21.5. The average molecular weight is 500 g/mol. The van der Waals surface area contributed by atoms with Crippen molar-refractivity contribution in [1.82, 2.24) is 0 Å². The number of thioether (sulfide) groups is 1. The zero-order chi connectivity index (χ0) is 19.7. The fraction of sp³-hybridized carbons (Fsp3) is 0.200. The number of alkyl halides is 7. The van der Waals surface area contributed by atoms with Gasteiger partial charge in [-0.3, -0.25) is 0 Å². The van der Waals surface area contributed by atoms with Crippen molar-refractivity contribution < 1.29 is 31.1 Å². The third-order valence-electron chi connectivity index (χ3n) is 2.95. The molecule has 0 radical (unpaired) electrons. The zero-order valence-electron chi connectivity index (χ0n) is 12.3. The largest absolute Gasteiger partial charge is 0.454 e. The highest BCUT2D eigenvalue weighted by Gasteiger charge is 2.33. The van der Waals surface area contributed by atoms with Crippen molar-refractivity contribution in [3.8, 4) is 11.5 Å². The van der Waals surface area contributed by atoms with Crippen LogP contribution in [0, 0.1) is 0 Å². The van der Waals surface area contributed by atoms with Gasteiger partial charge < -0.3 is 4.74 Å². The lowest BCUT2D eigenvalue weighted by Crippen LogP contribution is -2.05. The number of halogens is 9. The van der Waals surface area contributed by atoms with Crippen LogP contribution in [0.2, 0.25) is 10.0 Å². The summed E-state index contributed by atoms with van der Waals surface area (Å²) in [6.45, 7) is 0. The van der Waals surface area contributed by atoms with E-state index < -0.39 is 17.2 Å². The molecule has 0 spiro atoms. The minimum atomic E-state index is -4.63. The molecule has 0 aliphatic carbocycles. The molecule has 0 heterocycles. The Hall–Kier alpha value is -0.770. The van der Waals surface area contributed by atoms with Crippen molar-refractivity contribution in [2.45, 2.75) is 21.9 Å². The van der Waals surface area contributed by atoms with Crippen LogP contribution in [0.1, 0.15) is 11.1 Å². The highest BCUT2D eigenvalue weighted by Crippen LogP contribution is 2.43. The number of hydrogen-bond donors (Lipinski definition) is 0. The van der Waals surface area contributed by atoms with Gasteiger partial charge in [0.2, 0.25) is 0 Å². The molecule has 2 aromatic carbocycles. The molecule has 0 N–H and O–H groups in total. The topological polar surface area (TPSA) is 9.23 Å². The summed E-state index contributed by atoms with van der Waals surface area (Å²) >= 11 is 14.4. The summed E-state index contributed by atoms with van der Waals surface area (Å²) < 4.78 is 81.2. The van der Waals surface area contributed by atoms with Crippen molar-refractivity contribution in [3.63, 3.8) is 0 Å². The van der Waals surface area contributed by atoms with Crippen LogP contribution >= 0.6 is 50.9 Å². The first-order valence-corrected chi connectivity index (χ1v) is 9.29. The summed E-state index contributed by atoms with van der Waals surface area (Å²) in [7, 11) is 0. The van der Waals surface area contributed by atoms with E-state index in [0.717, 1.165) is 0 Å². The predicted molar refractivity (Wildman–Crippen MR) is 92.5 cm³/mol. The highest BCUT2D eigenvalue weighted by molar-refractivity contribution is 9.08. The molecule has 0 fully saturated rings. The monoisotopic (exact) mass is 498 g/mol. The molecule has 0 amide bonds. The van der Waals surface area contributed by atoms with Crippen molar-refractivity contribution in [2.24, 2.45) is 0 Å². The summed E-state index contributed by atoms with van der Waals surface area (Å²) in [6, 6.07) is 5.05. The Balaban J connectivity index is 2.34. The van der Waals surface area contributed by atoms with Gasteiger partial charge in [0.25, 0.3) is 0 Å². The van der Waals surface area contributed by atoms with Crippen LogP contribution in [0.25, 0.3) is 0 Å². The Morgan fingerprint density at radius 1 is 0.962 bits per heavy atom. The van der Waals surface area contributed by atoms with E-state index in [4.69, 9.17) is 27.9 Å². The minimum absolute atomic E-state index is 0.0358. The Labute approximate surface area is 166 Å². The Bertz CT molecular complexity index is 787. The van der Waals surface area contributed by atoms with Crippen molar-refractivity contribution in [3.05, 3.63) is 51.5 Å². The Kier molecular flexibility index (Phi) is 6.69. The third-order valence-corrected chi connectivity index (χ3v) is 4.96. The van der Waals surface area contributed by atoms with Gasteiger partial charge in [-0.1, -0.05) is 39.1 Å². The molecule has 1 nitrogen and oxygen atoms in total. The third kappa shape index (κ3) is 5.61. The maximum atomic E-state index is 12.7. The normalized spacial score (nSPS) is 12.3. The number of benzene rings is 2. The van der Waals surface area contributed by atoms with E-state index in [-0.39, 0.29) is 49.1 Å². The van der Waals surface area contributed by atoms with Crippen LogP contribution in [0.3, 0.4) is 0 Å². The molecule has 0 saturated heterocycles. The van der Waals surface area contributed by atoms with E-state index in [9.17, 15) is 26.3 Å². The van der Waals surface area contributed by atoms with Crippen LogP contribution in [0.4, 0.5) is 26.3 Å². The van der Waals surface area contributed by atoms with E-state index in [2.05, 4.69) is 15.9 Å². The summed E-state index contributed by atoms with van der Waals surface area (Å²) in [5, 5.41) is -0.644. The molecule has 0 saturated carbocycles. The van der Waals surface area contributed by atoms with Crippen LogP contribution in [-0.4, -0.2) is 5.51 Å². The number of rotatable bonds is 4. The van der Waals surface area contributed by atoms with E-state index in [1.807, 2.05) is 0 Å². The number of hydrogen-bond acceptors (Lipinski definition) is 2. The molecule has 0 bridgehead atoms. The van der Waals surface area contributed by atoms with Crippen LogP contribution in [0.15, 0.2) is 35.2 Å². The van der Waals surface area contributed by atoms with Gasteiger partial charge >= 0.3 is 11.7 Å². The van der Waals surface area contributed by atoms with Gasteiger partial charge in [0, 0.05) is 10.2 Å². The van der Waals surface area contributed by atoms with Gasteiger partial charge in [0.1, 0.15) is 5.75 Å². The molecular weight excluding hydrogens is 493 g/mol. The van der Waals surface area contributed by atoms with Crippen molar-refractivity contribution >= 4 is 50.9 Å². The van der Waals surface area contributed by atoms with Gasteiger partial charge in [0.05, 0.1) is 15.6 Å². The molecule has 0 aromatic heterocycles. The second-order valence-corrected chi connectivity index (χ2v) is 7.30. The van der Waals surface area contributed by atoms with Gasteiger partial charge in [0.15, 0.2) is 5.75 Å². The molecular formula is C15H7BrCl2F6OS. The molecule has 0 atom stereocenters. The van der Waals surface area contributed by atoms with E-state index in [1.54, 1.807) is 0 Å². The lowest BCUT2D eigenvalue weighted by Gasteiger charge is -2.15. The molecule has 142 valence electrons. The van der Waals surface area contributed by atoms with Crippen LogP contribution in [0.5, 0.6) is 11.5 Å². The van der Waals surface area contributed by atoms with E-state index in [1.165, 1.54) is 18.2 Å². The van der Waals surface area contributed by atoms with Gasteiger partial charge in [-0.2, -0.15) is 26.3 Å². The Morgan fingerprint density at radius 2 is 1.54 bits per heavy atom. The minimum Gasteiger partial charge on any atom is -0.454 e. The van der Waals surface area contributed by atoms with Gasteiger partial charge in [-0.05, 0) is 47.7 Å². The molecule has 2 aromatic rings. The lowest BCUT2D eigenvalue weighted by molar-refractivity contribution is -0.137. The summed E-state index contributed by atoms with van der Waals surface area (Å²) in [5.41, 5.74) is -5.22. The fourth-order valence-electron chi connectivity index (χ4n) is 1.89. The maximum Gasteiger partial charge on any atom is 0.446 e. The van der Waals surface area contributed by atoms with Gasteiger partial charge in [-0.25, -0.2) is 0 Å². The summed E-state index contributed by atoms with van der Waals surface area (Å²) in [4.78, 5) is -0.0358. The van der Waals surface area contributed by atoms with E-state index >= 15 is 0 Å².